The summed E-state index contributed by atoms with van der Waals surface area (Å²) in [6, 6.07) is 0. The van der Waals surface area contributed by atoms with Gasteiger partial charge in [0, 0.05) is 26.2 Å². The monoisotopic (exact) mass is 217 g/mol. The van der Waals surface area contributed by atoms with Gasteiger partial charge in [0.2, 0.25) is 0 Å². The maximum Gasteiger partial charge on any atom is 0.280 e. The molecule has 1 aliphatic rings. The molecule has 2 N–H and O–H groups in total. The van der Waals surface area contributed by atoms with E-state index in [0.717, 1.165) is 0 Å². The van der Waals surface area contributed by atoms with Gasteiger partial charge in [-0.3, -0.25) is 0 Å². The first-order valence-electron chi connectivity index (χ1n) is 4.52. The van der Waals surface area contributed by atoms with Gasteiger partial charge in [0.1, 0.15) is 0 Å². The SMILES string of the molecule is CC#CCNS(=O)(=O)N1CCNCC1. The minimum Gasteiger partial charge on any atom is -0.314 e. The Hall–Kier alpha value is -0.610. The molecule has 1 aliphatic heterocycles. The molecule has 0 amide bonds. The minimum absolute atomic E-state index is 0.183. The fourth-order valence-corrected chi connectivity index (χ4v) is 2.29. The molecule has 1 rings (SSSR count). The zero-order valence-corrected chi connectivity index (χ0v) is 9.02. The summed E-state index contributed by atoms with van der Waals surface area (Å²) in [5.74, 6) is 5.30. The van der Waals surface area contributed by atoms with Gasteiger partial charge >= 0.3 is 0 Å². The Morgan fingerprint density at radius 1 is 1.43 bits per heavy atom. The third kappa shape index (κ3) is 3.27. The maximum absolute atomic E-state index is 11.6. The molecule has 0 aromatic carbocycles. The van der Waals surface area contributed by atoms with Crippen LogP contribution in [-0.2, 0) is 10.2 Å². The zero-order valence-electron chi connectivity index (χ0n) is 8.21. The van der Waals surface area contributed by atoms with Crippen LogP contribution in [0.5, 0.6) is 0 Å². The highest BCUT2D eigenvalue weighted by Gasteiger charge is 2.22. The Bertz CT molecular complexity index is 322. The largest absolute Gasteiger partial charge is 0.314 e. The summed E-state index contributed by atoms with van der Waals surface area (Å²) in [4.78, 5) is 0. The Morgan fingerprint density at radius 2 is 2.07 bits per heavy atom. The van der Waals surface area contributed by atoms with Gasteiger partial charge < -0.3 is 5.32 Å². The second-order valence-electron chi connectivity index (χ2n) is 2.90. The van der Waals surface area contributed by atoms with Crippen LogP contribution in [0.15, 0.2) is 0 Å². The van der Waals surface area contributed by atoms with Crippen LogP contribution >= 0.6 is 0 Å². The van der Waals surface area contributed by atoms with Crippen molar-refractivity contribution in [2.24, 2.45) is 0 Å². The molecule has 5 nitrogen and oxygen atoms in total. The Balaban J connectivity index is 2.49. The maximum atomic E-state index is 11.6. The van der Waals surface area contributed by atoms with Crippen LogP contribution < -0.4 is 10.0 Å². The van der Waals surface area contributed by atoms with E-state index in [9.17, 15) is 8.42 Å². The molecular formula is C8H15N3O2S. The summed E-state index contributed by atoms with van der Waals surface area (Å²) < 4.78 is 27.0. The van der Waals surface area contributed by atoms with E-state index in [1.165, 1.54) is 4.31 Å². The molecule has 1 fully saturated rings. The summed E-state index contributed by atoms with van der Waals surface area (Å²) in [5, 5.41) is 3.09. The average Bonchev–Trinajstić information content (AvgIpc) is 2.19. The number of hydrogen-bond acceptors (Lipinski definition) is 3. The van der Waals surface area contributed by atoms with E-state index in [4.69, 9.17) is 0 Å². The predicted molar refractivity (Wildman–Crippen MR) is 54.8 cm³/mol. The number of nitrogens with zero attached hydrogens (tertiary/aromatic N) is 1. The lowest BCUT2D eigenvalue weighted by atomic mass is 10.4. The second kappa shape index (κ2) is 5.32. The summed E-state index contributed by atoms with van der Waals surface area (Å²) in [6.07, 6.45) is 0. The highest BCUT2D eigenvalue weighted by atomic mass is 32.2. The van der Waals surface area contributed by atoms with Crippen LogP contribution in [0, 0.1) is 11.8 Å². The molecule has 0 saturated carbocycles. The van der Waals surface area contributed by atoms with Gasteiger partial charge in [0.05, 0.1) is 6.54 Å². The van der Waals surface area contributed by atoms with Gasteiger partial charge in [-0.2, -0.15) is 17.4 Å². The summed E-state index contributed by atoms with van der Waals surface area (Å²) >= 11 is 0. The fraction of sp³-hybridized carbons (Fsp3) is 0.750. The Kier molecular flexibility index (Phi) is 4.35. The van der Waals surface area contributed by atoms with Crippen LogP contribution in [0.25, 0.3) is 0 Å². The van der Waals surface area contributed by atoms with E-state index in [1.807, 2.05) is 0 Å². The normalized spacial score (nSPS) is 18.6. The third-order valence-electron chi connectivity index (χ3n) is 1.94. The van der Waals surface area contributed by atoms with Crippen molar-refractivity contribution >= 4 is 10.2 Å². The van der Waals surface area contributed by atoms with Crippen molar-refractivity contribution in [3.05, 3.63) is 0 Å². The smallest absolute Gasteiger partial charge is 0.280 e. The molecule has 0 aromatic heterocycles. The van der Waals surface area contributed by atoms with E-state index < -0.39 is 10.2 Å². The van der Waals surface area contributed by atoms with E-state index >= 15 is 0 Å². The summed E-state index contributed by atoms with van der Waals surface area (Å²) in [6.45, 7) is 4.33. The summed E-state index contributed by atoms with van der Waals surface area (Å²) in [5.41, 5.74) is 0. The van der Waals surface area contributed by atoms with Crippen molar-refractivity contribution in [3.8, 4) is 11.8 Å². The number of piperazine rings is 1. The van der Waals surface area contributed by atoms with Gasteiger partial charge in [0.25, 0.3) is 10.2 Å². The molecule has 1 heterocycles. The molecular weight excluding hydrogens is 202 g/mol. The number of hydrogen-bond donors (Lipinski definition) is 2. The highest BCUT2D eigenvalue weighted by molar-refractivity contribution is 7.87. The average molecular weight is 217 g/mol. The third-order valence-corrected chi connectivity index (χ3v) is 3.49. The highest BCUT2D eigenvalue weighted by Crippen LogP contribution is 1.98. The molecule has 6 heteroatoms. The first kappa shape index (κ1) is 11.5. The lowest BCUT2D eigenvalue weighted by molar-refractivity contribution is 0.356. The minimum atomic E-state index is -3.31. The Morgan fingerprint density at radius 3 is 2.64 bits per heavy atom. The zero-order chi connectivity index (χ0) is 10.4. The van der Waals surface area contributed by atoms with Crippen molar-refractivity contribution in [3.63, 3.8) is 0 Å². The van der Waals surface area contributed by atoms with Crippen LogP contribution in [0.3, 0.4) is 0 Å². The molecule has 0 spiro atoms. The lowest BCUT2D eigenvalue weighted by Crippen LogP contribution is -2.50. The van der Waals surface area contributed by atoms with E-state index in [-0.39, 0.29) is 6.54 Å². The van der Waals surface area contributed by atoms with Gasteiger partial charge in [0.15, 0.2) is 0 Å². The molecule has 0 unspecified atom stereocenters. The van der Waals surface area contributed by atoms with Crippen LogP contribution in [0.2, 0.25) is 0 Å². The van der Waals surface area contributed by atoms with Crippen molar-refractivity contribution in [2.45, 2.75) is 6.92 Å². The number of rotatable bonds is 3. The van der Waals surface area contributed by atoms with E-state index in [2.05, 4.69) is 21.9 Å². The molecule has 0 bridgehead atoms. The molecule has 0 aliphatic carbocycles. The van der Waals surface area contributed by atoms with Crippen LogP contribution in [0.1, 0.15) is 6.92 Å². The predicted octanol–water partition coefficient (Wildman–Crippen LogP) is -1.25. The molecule has 0 radical (unpaired) electrons. The van der Waals surface area contributed by atoms with E-state index in [1.54, 1.807) is 6.92 Å². The number of nitrogens with one attached hydrogen (secondary N) is 2. The topological polar surface area (TPSA) is 61.4 Å². The van der Waals surface area contributed by atoms with Crippen molar-refractivity contribution < 1.29 is 8.42 Å². The molecule has 80 valence electrons. The van der Waals surface area contributed by atoms with Gasteiger partial charge in [-0.1, -0.05) is 5.92 Å². The molecule has 0 atom stereocenters. The molecule has 1 saturated heterocycles. The standard InChI is InChI=1S/C8H15N3O2S/c1-2-3-4-10-14(12,13)11-7-5-9-6-8-11/h9-10H,4-8H2,1H3. The molecule has 14 heavy (non-hydrogen) atoms. The fourth-order valence-electron chi connectivity index (χ4n) is 1.19. The summed E-state index contributed by atoms with van der Waals surface area (Å²) in [7, 11) is -3.31. The van der Waals surface area contributed by atoms with Crippen molar-refractivity contribution in [1.29, 1.82) is 0 Å². The quantitative estimate of drug-likeness (QED) is 0.581. The van der Waals surface area contributed by atoms with Gasteiger partial charge in [-0.15, -0.1) is 5.92 Å². The van der Waals surface area contributed by atoms with E-state index in [0.29, 0.717) is 26.2 Å². The Labute approximate surface area is 85.0 Å². The first-order valence-corrected chi connectivity index (χ1v) is 5.96. The second-order valence-corrected chi connectivity index (χ2v) is 4.66. The van der Waals surface area contributed by atoms with Crippen molar-refractivity contribution in [1.82, 2.24) is 14.3 Å². The van der Waals surface area contributed by atoms with Gasteiger partial charge in [-0.05, 0) is 6.92 Å². The van der Waals surface area contributed by atoms with Crippen LogP contribution in [0.4, 0.5) is 0 Å². The van der Waals surface area contributed by atoms with Gasteiger partial charge in [-0.25, -0.2) is 0 Å². The molecule has 0 aromatic rings. The van der Waals surface area contributed by atoms with Crippen molar-refractivity contribution in [2.75, 3.05) is 32.7 Å². The van der Waals surface area contributed by atoms with Crippen LogP contribution in [-0.4, -0.2) is 45.4 Å². The first-order chi connectivity index (χ1) is 6.67. The lowest BCUT2D eigenvalue weighted by Gasteiger charge is -2.26.